The van der Waals surface area contributed by atoms with Crippen LogP contribution >= 0.6 is 0 Å². The maximum atomic E-state index is 13.4. The van der Waals surface area contributed by atoms with Crippen LogP contribution in [0.1, 0.15) is 33.1 Å². The second kappa shape index (κ2) is 5.46. The molecule has 0 saturated carbocycles. The van der Waals surface area contributed by atoms with Crippen molar-refractivity contribution in [3.63, 3.8) is 0 Å². The first-order valence-electron chi connectivity index (χ1n) is 8.54. The predicted octanol–water partition coefficient (Wildman–Crippen LogP) is 2.13. The molecule has 0 radical (unpaired) electrons. The highest BCUT2D eigenvalue weighted by Crippen LogP contribution is 2.35. The molecule has 25 heavy (non-hydrogen) atoms. The van der Waals surface area contributed by atoms with Crippen molar-refractivity contribution in [3.05, 3.63) is 58.4 Å². The Labute approximate surface area is 144 Å². The molecule has 0 saturated heterocycles. The number of carbonyl (C=O) groups excluding carboxylic acids is 1. The lowest BCUT2D eigenvalue weighted by atomic mass is 9.94. The third-order valence-corrected chi connectivity index (χ3v) is 5.24. The molecule has 3 heterocycles. The van der Waals surface area contributed by atoms with Crippen LogP contribution in [0.2, 0.25) is 0 Å². The van der Waals surface area contributed by atoms with Crippen LogP contribution in [0.25, 0.3) is 0 Å². The fourth-order valence-corrected chi connectivity index (χ4v) is 4.05. The van der Waals surface area contributed by atoms with Gasteiger partial charge in [-0.25, -0.2) is 4.39 Å². The first kappa shape index (κ1) is 14.7. The Balaban J connectivity index is 1.39. The van der Waals surface area contributed by atoms with E-state index in [0.717, 1.165) is 46.7 Å². The summed E-state index contributed by atoms with van der Waals surface area (Å²) in [6, 6.07) is 8.98. The van der Waals surface area contributed by atoms with Crippen molar-refractivity contribution in [2.24, 2.45) is 0 Å². The van der Waals surface area contributed by atoms with Crippen LogP contribution in [0.5, 0.6) is 5.75 Å². The lowest BCUT2D eigenvalue weighted by molar-refractivity contribution is 0.0963. The van der Waals surface area contributed by atoms with Gasteiger partial charge in [0, 0.05) is 30.4 Å². The van der Waals surface area contributed by atoms with Crippen molar-refractivity contribution >= 4 is 11.6 Å². The smallest absolute Gasteiger partial charge is 0.252 e. The van der Waals surface area contributed by atoms with Crippen LogP contribution < -0.4 is 20.7 Å². The second-order valence-corrected chi connectivity index (χ2v) is 6.80. The first-order valence-corrected chi connectivity index (χ1v) is 8.54. The number of ether oxygens (including phenoxy) is 1. The molecule has 3 aliphatic heterocycles. The van der Waals surface area contributed by atoms with Gasteiger partial charge in [0.15, 0.2) is 0 Å². The van der Waals surface area contributed by atoms with Crippen LogP contribution in [0.15, 0.2) is 30.3 Å². The molecule has 5 rings (SSSR count). The molecule has 128 valence electrons. The van der Waals surface area contributed by atoms with Crippen LogP contribution in [0.3, 0.4) is 0 Å². The van der Waals surface area contributed by atoms with Crippen molar-refractivity contribution in [1.29, 1.82) is 0 Å². The maximum absolute atomic E-state index is 13.4. The van der Waals surface area contributed by atoms with Gasteiger partial charge in [0.2, 0.25) is 0 Å². The Morgan fingerprint density at radius 1 is 1.20 bits per heavy atom. The minimum atomic E-state index is -0.233. The lowest BCUT2D eigenvalue weighted by Crippen LogP contribution is -2.42. The largest absolute Gasteiger partial charge is 0.492 e. The van der Waals surface area contributed by atoms with Gasteiger partial charge in [-0.2, -0.15) is 0 Å². The molecular formula is C19H18FN3O2. The van der Waals surface area contributed by atoms with Gasteiger partial charge >= 0.3 is 0 Å². The number of benzene rings is 2. The monoisotopic (exact) mass is 339 g/mol. The molecule has 2 aromatic rings. The zero-order chi connectivity index (χ0) is 17.0. The minimum Gasteiger partial charge on any atom is -0.492 e. The molecule has 3 N–H and O–H groups in total. The molecular weight excluding hydrogens is 321 g/mol. The van der Waals surface area contributed by atoms with Crippen LogP contribution in [0.4, 0.5) is 10.1 Å². The average molecular weight is 339 g/mol. The zero-order valence-corrected chi connectivity index (χ0v) is 13.6. The highest BCUT2D eigenvalue weighted by molar-refractivity contribution is 6.00. The summed E-state index contributed by atoms with van der Waals surface area (Å²) < 4.78 is 19.3. The Hall–Kier alpha value is -2.60. The van der Waals surface area contributed by atoms with Crippen molar-refractivity contribution < 1.29 is 13.9 Å². The summed E-state index contributed by atoms with van der Waals surface area (Å²) in [6.45, 7) is 1.86. The van der Waals surface area contributed by atoms with E-state index in [4.69, 9.17) is 4.74 Å². The number of carbonyl (C=O) groups is 1. The van der Waals surface area contributed by atoms with Crippen molar-refractivity contribution in [3.8, 4) is 5.75 Å². The molecule has 2 unspecified atom stereocenters. The molecule has 2 atom stereocenters. The van der Waals surface area contributed by atoms with E-state index in [0.29, 0.717) is 13.2 Å². The Morgan fingerprint density at radius 3 is 3.04 bits per heavy atom. The summed E-state index contributed by atoms with van der Waals surface area (Å²) in [5, 5.41) is 9.72. The summed E-state index contributed by atoms with van der Waals surface area (Å²) in [7, 11) is 0. The molecule has 0 fully saturated rings. The summed E-state index contributed by atoms with van der Waals surface area (Å²) >= 11 is 0. The molecule has 0 aliphatic carbocycles. The number of fused-ring (bicyclic) bond motifs is 4. The average Bonchev–Trinajstić information content (AvgIpc) is 3.18. The Kier molecular flexibility index (Phi) is 3.21. The third kappa shape index (κ3) is 2.36. The van der Waals surface area contributed by atoms with Gasteiger partial charge in [0.25, 0.3) is 5.91 Å². The molecule has 1 amide bonds. The lowest BCUT2D eigenvalue weighted by Gasteiger charge is -2.29. The fourth-order valence-electron chi connectivity index (χ4n) is 4.05. The number of amides is 1. The summed E-state index contributed by atoms with van der Waals surface area (Å²) in [5.41, 5.74) is 4.71. The van der Waals surface area contributed by atoms with Crippen LogP contribution in [-0.2, 0) is 13.0 Å². The molecule has 0 aromatic heterocycles. The van der Waals surface area contributed by atoms with E-state index in [1.807, 2.05) is 18.2 Å². The van der Waals surface area contributed by atoms with Gasteiger partial charge in [-0.05, 0) is 35.7 Å². The van der Waals surface area contributed by atoms with Crippen molar-refractivity contribution in [2.75, 3.05) is 18.5 Å². The molecule has 2 aromatic carbocycles. The number of nitrogens with one attached hydrogen (secondary N) is 3. The van der Waals surface area contributed by atoms with E-state index in [2.05, 4.69) is 16.0 Å². The van der Waals surface area contributed by atoms with E-state index in [1.54, 1.807) is 0 Å². The minimum absolute atomic E-state index is 0.0144. The number of anilines is 1. The van der Waals surface area contributed by atoms with E-state index in [1.165, 1.54) is 12.1 Å². The van der Waals surface area contributed by atoms with Crippen LogP contribution in [0, 0.1) is 5.82 Å². The molecule has 6 heteroatoms. The third-order valence-electron chi connectivity index (χ3n) is 5.24. The fraction of sp³-hybridized carbons (Fsp3) is 0.316. The topological polar surface area (TPSA) is 62.4 Å². The molecule has 0 bridgehead atoms. The number of rotatable bonds is 2. The van der Waals surface area contributed by atoms with E-state index < -0.39 is 0 Å². The summed E-state index contributed by atoms with van der Waals surface area (Å²) in [4.78, 5) is 12.2. The number of halogens is 1. The van der Waals surface area contributed by atoms with Gasteiger partial charge in [-0.15, -0.1) is 0 Å². The van der Waals surface area contributed by atoms with Gasteiger partial charge in [-0.3, -0.25) is 4.79 Å². The van der Waals surface area contributed by atoms with Gasteiger partial charge in [0.1, 0.15) is 18.2 Å². The normalized spacial score (nSPS) is 23.2. The van der Waals surface area contributed by atoms with Crippen molar-refractivity contribution in [2.45, 2.75) is 25.0 Å². The second-order valence-electron chi connectivity index (χ2n) is 6.80. The first-order chi connectivity index (χ1) is 12.2. The van der Waals surface area contributed by atoms with Crippen molar-refractivity contribution in [1.82, 2.24) is 10.6 Å². The van der Waals surface area contributed by atoms with Gasteiger partial charge < -0.3 is 20.7 Å². The predicted molar refractivity (Wildman–Crippen MR) is 91.4 cm³/mol. The highest BCUT2D eigenvalue weighted by Gasteiger charge is 2.32. The highest BCUT2D eigenvalue weighted by atomic mass is 19.1. The molecule has 3 aliphatic rings. The molecule has 5 nitrogen and oxygen atoms in total. The Morgan fingerprint density at radius 2 is 2.12 bits per heavy atom. The zero-order valence-electron chi connectivity index (χ0n) is 13.6. The van der Waals surface area contributed by atoms with Gasteiger partial charge in [0.05, 0.1) is 11.6 Å². The summed E-state index contributed by atoms with van der Waals surface area (Å²) in [5.74, 6) is 0.559. The van der Waals surface area contributed by atoms with E-state index in [9.17, 15) is 9.18 Å². The standard InChI is InChI=1S/C19H18FN3O2/c20-11-2-3-13-15(5-11)21-8-16(13)23-12-6-14-17(25-9-12)4-1-10-7-22-19(24)18(10)14/h1-5,12,16,21,23H,6-9H2,(H,22,24). The SMILES string of the molecule is O=C1NCc2ccc3c(c21)CC(NC1CNc2cc(F)ccc21)CO3. The van der Waals surface area contributed by atoms with Gasteiger partial charge in [-0.1, -0.05) is 12.1 Å². The van der Waals surface area contributed by atoms with Crippen LogP contribution in [-0.4, -0.2) is 25.1 Å². The number of hydrogen-bond acceptors (Lipinski definition) is 4. The Bertz CT molecular complexity index is 883. The quantitative estimate of drug-likeness (QED) is 0.784. The maximum Gasteiger partial charge on any atom is 0.252 e. The summed E-state index contributed by atoms with van der Waals surface area (Å²) in [6.07, 6.45) is 0.749. The van der Waals surface area contributed by atoms with E-state index in [-0.39, 0.29) is 23.8 Å². The molecule has 0 spiro atoms. The van der Waals surface area contributed by atoms with E-state index >= 15 is 0 Å². The number of hydrogen-bond donors (Lipinski definition) is 3.